The maximum atomic E-state index is 12.3. The monoisotopic (exact) mass is 389 g/mol. The van der Waals surface area contributed by atoms with Gasteiger partial charge in [-0.2, -0.15) is 16.1 Å². The largest absolute Gasteiger partial charge is 0.326 e. The van der Waals surface area contributed by atoms with Crippen molar-refractivity contribution in [2.75, 3.05) is 5.32 Å². The molecule has 1 amide bonds. The highest BCUT2D eigenvalue weighted by Gasteiger charge is 2.07. The summed E-state index contributed by atoms with van der Waals surface area (Å²) in [6.07, 6.45) is 1.03. The van der Waals surface area contributed by atoms with E-state index in [4.69, 9.17) is 0 Å². The van der Waals surface area contributed by atoms with Gasteiger partial charge in [-0.25, -0.2) is 0 Å². The molecular formula is C21H19N5OS. The SMILES string of the molecule is O=C(CCCn1nnc(-c2ccccc2)n1)Nc1cccc(-c2ccsc2)c1. The van der Waals surface area contributed by atoms with E-state index in [-0.39, 0.29) is 5.91 Å². The van der Waals surface area contributed by atoms with E-state index in [2.05, 4.69) is 32.2 Å². The average Bonchev–Trinajstić information content (AvgIpc) is 3.41. The van der Waals surface area contributed by atoms with Crippen LogP contribution in [0.5, 0.6) is 0 Å². The maximum Gasteiger partial charge on any atom is 0.224 e. The molecule has 0 aliphatic carbocycles. The van der Waals surface area contributed by atoms with Gasteiger partial charge < -0.3 is 5.32 Å². The van der Waals surface area contributed by atoms with Crippen LogP contribution in [0, 0.1) is 0 Å². The lowest BCUT2D eigenvalue weighted by atomic mass is 10.1. The second-order valence-electron chi connectivity index (χ2n) is 6.32. The lowest BCUT2D eigenvalue weighted by molar-refractivity contribution is -0.116. The van der Waals surface area contributed by atoms with Crippen molar-refractivity contribution in [3.63, 3.8) is 0 Å². The molecule has 2 aromatic carbocycles. The van der Waals surface area contributed by atoms with Crippen molar-refractivity contribution in [2.45, 2.75) is 19.4 Å². The summed E-state index contributed by atoms with van der Waals surface area (Å²) >= 11 is 1.66. The van der Waals surface area contributed by atoms with Gasteiger partial charge in [-0.1, -0.05) is 42.5 Å². The summed E-state index contributed by atoms with van der Waals surface area (Å²) in [6.45, 7) is 0.544. The maximum absolute atomic E-state index is 12.3. The van der Waals surface area contributed by atoms with E-state index in [0.717, 1.165) is 22.4 Å². The Morgan fingerprint density at radius 1 is 1.00 bits per heavy atom. The molecule has 0 unspecified atom stereocenters. The quantitative estimate of drug-likeness (QED) is 0.505. The molecule has 140 valence electrons. The van der Waals surface area contributed by atoms with Gasteiger partial charge in [-0.15, -0.1) is 10.2 Å². The molecule has 4 aromatic rings. The Bertz CT molecular complexity index is 1040. The number of hydrogen-bond acceptors (Lipinski definition) is 5. The number of amides is 1. The van der Waals surface area contributed by atoms with Crippen molar-refractivity contribution in [3.8, 4) is 22.5 Å². The Hall–Kier alpha value is -3.32. The molecule has 6 nitrogen and oxygen atoms in total. The molecule has 0 fully saturated rings. The van der Waals surface area contributed by atoms with Gasteiger partial charge in [-0.05, 0) is 51.7 Å². The summed E-state index contributed by atoms with van der Waals surface area (Å²) in [7, 11) is 0. The highest BCUT2D eigenvalue weighted by molar-refractivity contribution is 7.08. The minimum absolute atomic E-state index is 0.0223. The molecule has 4 rings (SSSR count). The van der Waals surface area contributed by atoms with Gasteiger partial charge in [0.1, 0.15) is 0 Å². The zero-order chi connectivity index (χ0) is 19.2. The van der Waals surface area contributed by atoms with Gasteiger partial charge in [-0.3, -0.25) is 4.79 Å². The fraction of sp³-hybridized carbons (Fsp3) is 0.143. The summed E-state index contributed by atoms with van der Waals surface area (Å²) in [5.74, 6) is 0.571. The number of hydrogen-bond donors (Lipinski definition) is 1. The van der Waals surface area contributed by atoms with E-state index in [1.807, 2.05) is 60.0 Å². The number of benzene rings is 2. The van der Waals surface area contributed by atoms with Crippen LogP contribution in [0.25, 0.3) is 22.5 Å². The Labute approximate surface area is 166 Å². The topological polar surface area (TPSA) is 72.7 Å². The van der Waals surface area contributed by atoms with Crippen LogP contribution < -0.4 is 5.32 Å². The number of aryl methyl sites for hydroxylation is 1. The van der Waals surface area contributed by atoms with Gasteiger partial charge in [0.05, 0.1) is 6.54 Å². The van der Waals surface area contributed by atoms with Crippen LogP contribution in [-0.2, 0) is 11.3 Å². The van der Waals surface area contributed by atoms with Crippen LogP contribution in [0.2, 0.25) is 0 Å². The molecular weight excluding hydrogens is 370 g/mol. The molecule has 2 heterocycles. The Morgan fingerprint density at radius 3 is 2.68 bits per heavy atom. The number of carbonyl (C=O) groups is 1. The van der Waals surface area contributed by atoms with Gasteiger partial charge in [0.25, 0.3) is 0 Å². The number of thiophene rings is 1. The summed E-state index contributed by atoms with van der Waals surface area (Å²) < 4.78 is 0. The first-order valence-corrected chi connectivity index (χ1v) is 9.98. The van der Waals surface area contributed by atoms with Gasteiger partial charge in [0, 0.05) is 17.7 Å². The molecule has 0 radical (unpaired) electrons. The van der Waals surface area contributed by atoms with E-state index in [0.29, 0.717) is 25.2 Å². The lowest BCUT2D eigenvalue weighted by Gasteiger charge is -2.07. The molecule has 0 atom stereocenters. The Balaban J connectivity index is 1.29. The van der Waals surface area contributed by atoms with Crippen LogP contribution in [0.4, 0.5) is 5.69 Å². The second kappa shape index (κ2) is 8.58. The Morgan fingerprint density at radius 2 is 1.86 bits per heavy atom. The van der Waals surface area contributed by atoms with E-state index in [1.165, 1.54) is 4.80 Å². The molecule has 1 N–H and O–H groups in total. The molecule has 2 aromatic heterocycles. The number of nitrogens with zero attached hydrogens (tertiary/aromatic N) is 4. The van der Waals surface area contributed by atoms with Crippen molar-refractivity contribution in [2.24, 2.45) is 0 Å². The van der Waals surface area contributed by atoms with Gasteiger partial charge in [0.2, 0.25) is 11.7 Å². The number of anilines is 1. The fourth-order valence-electron chi connectivity index (χ4n) is 2.85. The number of tetrazole rings is 1. The predicted octanol–water partition coefficient (Wildman–Crippen LogP) is 4.49. The molecule has 7 heteroatoms. The molecule has 28 heavy (non-hydrogen) atoms. The minimum atomic E-state index is -0.0223. The standard InChI is InChI=1S/C21H19N5OS/c27-20(22-19-9-4-8-17(14-19)18-11-13-28-15-18)10-5-12-26-24-21(23-25-26)16-6-2-1-3-7-16/h1-4,6-9,11,13-15H,5,10,12H2,(H,22,27). The summed E-state index contributed by atoms with van der Waals surface area (Å²) in [6, 6.07) is 19.7. The van der Waals surface area contributed by atoms with Crippen LogP contribution in [0.15, 0.2) is 71.4 Å². The number of nitrogens with one attached hydrogen (secondary N) is 1. The van der Waals surface area contributed by atoms with Gasteiger partial charge >= 0.3 is 0 Å². The zero-order valence-corrected chi connectivity index (χ0v) is 16.0. The van der Waals surface area contributed by atoms with E-state index < -0.39 is 0 Å². The zero-order valence-electron chi connectivity index (χ0n) is 15.2. The molecule has 0 spiro atoms. The second-order valence-corrected chi connectivity index (χ2v) is 7.10. The van der Waals surface area contributed by atoms with Crippen molar-refractivity contribution in [1.29, 1.82) is 0 Å². The molecule has 0 saturated carbocycles. The van der Waals surface area contributed by atoms with E-state index in [1.54, 1.807) is 11.3 Å². The number of aromatic nitrogens is 4. The van der Waals surface area contributed by atoms with Crippen molar-refractivity contribution < 1.29 is 4.79 Å². The minimum Gasteiger partial charge on any atom is -0.326 e. The molecule has 0 bridgehead atoms. The normalized spacial score (nSPS) is 10.7. The highest BCUT2D eigenvalue weighted by Crippen LogP contribution is 2.24. The number of rotatable bonds is 7. The molecule has 0 aliphatic heterocycles. The van der Waals surface area contributed by atoms with E-state index in [9.17, 15) is 4.79 Å². The predicted molar refractivity (Wildman–Crippen MR) is 111 cm³/mol. The third-order valence-electron chi connectivity index (χ3n) is 4.25. The third-order valence-corrected chi connectivity index (χ3v) is 4.93. The third kappa shape index (κ3) is 4.50. The van der Waals surface area contributed by atoms with Crippen molar-refractivity contribution in [3.05, 3.63) is 71.4 Å². The first-order chi connectivity index (χ1) is 13.8. The molecule has 0 saturated heterocycles. The first kappa shape index (κ1) is 18.1. The summed E-state index contributed by atoms with van der Waals surface area (Å²) in [5, 5.41) is 19.6. The van der Waals surface area contributed by atoms with E-state index >= 15 is 0 Å². The van der Waals surface area contributed by atoms with Crippen molar-refractivity contribution in [1.82, 2.24) is 20.2 Å². The lowest BCUT2D eigenvalue weighted by Crippen LogP contribution is -2.13. The van der Waals surface area contributed by atoms with Crippen LogP contribution >= 0.6 is 11.3 Å². The number of carbonyl (C=O) groups excluding carboxylic acids is 1. The smallest absolute Gasteiger partial charge is 0.224 e. The van der Waals surface area contributed by atoms with Crippen LogP contribution in [-0.4, -0.2) is 26.1 Å². The highest BCUT2D eigenvalue weighted by atomic mass is 32.1. The fourth-order valence-corrected chi connectivity index (χ4v) is 3.52. The summed E-state index contributed by atoms with van der Waals surface area (Å²) in [4.78, 5) is 13.8. The van der Waals surface area contributed by atoms with Crippen LogP contribution in [0.3, 0.4) is 0 Å². The van der Waals surface area contributed by atoms with Crippen LogP contribution in [0.1, 0.15) is 12.8 Å². The average molecular weight is 389 g/mol. The Kier molecular flexibility index (Phi) is 5.53. The first-order valence-electron chi connectivity index (χ1n) is 9.04. The van der Waals surface area contributed by atoms with Crippen molar-refractivity contribution >= 4 is 22.9 Å². The molecule has 0 aliphatic rings. The summed E-state index contributed by atoms with van der Waals surface area (Å²) in [5.41, 5.74) is 3.99. The van der Waals surface area contributed by atoms with Gasteiger partial charge in [0.15, 0.2) is 0 Å².